The maximum Gasteiger partial charge on any atom is 0.193 e. The quantitative estimate of drug-likeness (QED) is 0.304. The average molecular weight is 409 g/mol. The van der Waals surface area contributed by atoms with Crippen LogP contribution in [0.1, 0.15) is 46.5 Å². The second-order valence-corrected chi connectivity index (χ2v) is 6.94. The minimum Gasteiger partial charge on any atom is -0.381 e. The lowest BCUT2D eigenvalue weighted by atomic mass is 9.93. The number of aliphatic imine (C=N–C) groups is 1. The van der Waals surface area contributed by atoms with E-state index in [-0.39, 0.29) is 24.0 Å². The van der Waals surface area contributed by atoms with Crippen LogP contribution in [0.25, 0.3) is 0 Å². The molecule has 1 heterocycles. The lowest BCUT2D eigenvalue weighted by molar-refractivity contribution is 0.123. The van der Waals surface area contributed by atoms with E-state index < -0.39 is 0 Å². The SMILES string of the molecule is CCNC(=NCCCOCC1CC1)N1CCC(C)(C)C1.I. The summed E-state index contributed by atoms with van der Waals surface area (Å²) in [5.74, 6) is 1.95. The molecule has 1 saturated carbocycles. The zero-order valence-electron chi connectivity index (χ0n) is 13.9. The van der Waals surface area contributed by atoms with Crippen LogP contribution in [0.4, 0.5) is 0 Å². The van der Waals surface area contributed by atoms with E-state index in [9.17, 15) is 0 Å². The summed E-state index contributed by atoms with van der Waals surface area (Å²) >= 11 is 0. The number of halogens is 1. The summed E-state index contributed by atoms with van der Waals surface area (Å²) in [7, 11) is 0. The van der Waals surface area contributed by atoms with Gasteiger partial charge < -0.3 is 15.0 Å². The Morgan fingerprint density at radius 3 is 2.71 bits per heavy atom. The van der Waals surface area contributed by atoms with Crippen molar-refractivity contribution in [3.05, 3.63) is 0 Å². The van der Waals surface area contributed by atoms with Gasteiger partial charge in [-0.25, -0.2) is 0 Å². The van der Waals surface area contributed by atoms with Gasteiger partial charge in [0.05, 0.1) is 0 Å². The first-order valence-electron chi connectivity index (χ1n) is 8.22. The molecule has 0 spiro atoms. The highest BCUT2D eigenvalue weighted by molar-refractivity contribution is 14.0. The molecule has 1 aliphatic carbocycles. The van der Waals surface area contributed by atoms with Crippen molar-refractivity contribution in [1.29, 1.82) is 0 Å². The first kappa shape index (κ1) is 19.0. The average Bonchev–Trinajstić information content (AvgIpc) is 3.15. The van der Waals surface area contributed by atoms with E-state index in [0.29, 0.717) is 5.41 Å². The predicted octanol–water partition coefficient (Wildman–Crippen LogP) is 3.12. The Hall–Kier alpha value is -0.0400. The summed E-state index contributed by atoms with van der Waals surface area (Å²) in [5, 5.41) is 3.42. The van der Waals surface area contributed by atoms with Gasteiger partial charge in [0.2, 0.25) is 0 Å². The Bertz CT molecular complexity index is 329. The molecule has 4 nitrogen and oxygen atoms in total. The lowest BCUT2D eigenvalue weighted by Crippen LogP contribution is -2.40. The Morgan fingerprint density at radius 1 is 1.38 bits per heavy atom. The van der Waals surface area contributed by atoms with Gasteiger partial charge >= 0.3 is 0 Å². The standard InChI is InChI=1S/C16H31N3O.HI/c1-4-17-15(19-10-8-16(2,3)13-19)18-9-5-11-20-12-14-6-7-14;/h14H,4-13H2,1-3H3,(H,17,18);1H. The first-order chi connectivity index (χ1) is 9.61. The molecule has 0 aromatic heterocycles. The second-order valence-electron chi connectivity index (χ2n) is 6.94. The fraction of sp³-hybridized carbons (Fsp3) is 0.938. The number of likely N-dealkylation sites (tertiary alicyclic amines) is 1. The summed E-state index contributed by atoms with van der Waals surface area (Å²) in [4.78, 5) is 7.14. The summed E-state index contributed by atoms with van der Waals surface area (Å²) in [6, 6.07) is 0. The van der Waals surface area contributed by atoms with Crippen LogP contribution in [0.5, 0.6) is 0 Å². The van der Waals surface area contributed by atoms with Crippen LogP contribution < -0.4 is 5.32 Å². The molecule has 1 saturated heterocycles. The third kappa shape index (κ3) is 7.17. The molecular formula is C16H32IN3O. The van der Waals surface area contributed by atoms with Crippen LogP contribution in [0.2, 0.25) is 0 Å². The van der Waals surface area contributed by atoms with Gasteiger partial charge in [-0.3, -0.25) is 4.99 Å². The van der Waals surface area contributed by atoms with Crippen molar-refractivity contribution in [2.45, 2.75) is 46.5 Å². The molecule has 5 heteroatoms. The first-order valence-corrected chi connectivity index (χ1v) is 8.22. The maximum atomic E-state index is 5.65. The van der Waals surface area contributed by atoms with Gasteiger partial charge in [-0.15, -0.1) is 24.0 Å². The third-order valence-corrected chi connectivity index (χ3v) is 4.07. The number of rotatable bonds is 7. The predicted molar refractivity (Wildman–Crippen MR) is 99.5 cm³/mol. The monoisotopic (exact) mass is 409 g/mol. The number of nitrogens with zero attached hydrogens (tertiary/aromatic N) is 2. The van der Waals surface area contributed by atoms with E-state index in [4.69, 9.17) is 9.73 Å². The van der Waals surface area contributed by atoms with Crippen molar-refractivity contribution >= 4 is 29.9 Å². The van der Waals surface area contributed by atoms with Gasteiger partial charge in [0.25, 0.3) is 0 Å². The van der Waals surface area contributed by atoms with Crippen LogP contribution in [0.3, 0.4) is 0 Å². The van der Waals surface area contributed by atoms with Crippen molar-refractivity contribution in [3.63, 3.8) is 0 Å². The van der Waals surface area contributed by atoms with E-state index in [1.807, 2.05) is 0 Å². The molecule has 0 atom stereocenters. The molecule has 2 rings (SSSR count). The third-order valence-electron chi connectivity index (χ3n) is 4.07. The highest BCUT2D eigenvalue weighted by Crippen LogP contribution is 2.29. The minimum atomic E-state index is 0. The maximum absolute atomic E-state index is 5.65. The largest absolute Gasteiger partial charge is 0.381 e. The van der Waals surface area contributed by atoms with Crippen molar-refractivity contribution < 1.29 is 4.74 Å². The van der Waals surface area contributed by atoms with Crippen LogP contribution in [-0.4, -0.2) is 50.3 Å². The lowest BCUT2D eigenvalue weighted by Gasteiger charge is -2.23. The van der Waals surface area contributed by atoms with E-state index in [1.165, 1.54) is 19.3 Å². The van der Waals surface area contributed by atoms with Crippen LogP contribution in [0, 0.1) is 11.3 Å². The molecule has 1 N–H and O–H groups in total. The number of nitrogens with one attached hydrogen (secondary N) is 1. The molecule has 21 heavy (non-hydrogen) atoms. The van der Waals surface area contributed by atoms with Gasteiger partial charge in [0, 0.05) is 39.4 Å². The molecule has 124 valence electrons. The van der Waals surface area contributed by atoms with E-state index in [2.05, 4.69) is 31.0 Å². The summed E-state index contributed by atoms with van der Waals surface area (Å²) in [6.45, 7) is 12.7. The van der Waals surface area contributed by atoms with Crippen LogP contribution in [0.15, 0.2) is 4.99 Å². The van der Waals surface area contributed by atoms with Crippen LogP contribution >= 0.6 is 24.0 Å². The van der Waals surface area contributed by atoms with Gasteiger partial charge in [-0.2, -0.15) is 0 Å². The van der Waals surface area contributed by atoms with E-state index in [1.54, 1.807) is 0 Å². The normalized spacial score (nSPS) is 21.3. The van der Waals surface area contributed by atoms with Crippen LogP contribution in [-0.2, 0) is 4.74 Å². The van der Waals surface area contributed by atoms with Crippen molar-refractivity contribution in [3.8, 4) is 0 Å². The van der Waals surface area contributed by atoms with Gasteiger partial charge in [-0.05, 0) is 43.9 Å². The molecule has 2 aliphatic rings. The van der Waals surface area contributed by atoms with Gasteiger partial charge in [0.1, 0.15) is 0 Å². The number of ether oxygens (including phenoxy) is 1. The molecule has 0 amide bonds. The Labute approximate surface area is 147 Å². The van der Waals surface area contributed by atoms with Crippen molar-refractivity contribution in [1.82, 2.24) is 10.2 Å². The highest BCUT2D eigenvalue weighted by atomic mass is 127. The topological polar surface area (TPSA) is 36.9 Å². The zero-order valence-corrected chi connectivity index (χ0v) is 16.2. The van der Waals surface area contributed by atoms with E-state index in [0.717, 1.165) is 57.7 Å². The summed E-state index contributed by atoms with van der Waals surface area (Å²) in [6.07, 6.45) is 5.02. The molecule has 0 aromatic carbocycles. The Morgan fingerprint density at radius 2 is 2.14 bits per heavy atom. The molecule has 0 bridgehead atoms. The molecule has 2 fully saturated rings. The molecule has 1 aliphatic heterocycles. The molecule has 0 radical (unpaired) electrons. The second kappa shape index (κ2) is 9.18. The smallest absolute Gasteiger partial charge is 0.193 e. The summed E-state index contributed by atoms with van der Waals surface area (Å²) in [5.41, 5.74) is 0.420. The molecule has 0 aromatic rings. The Balaban J connectivity index is 0.00000220. The number of hydrogen-bond acceptors (Lipinski definition) is 2. The fourth-order valence-electron chi connectivity index (χ4n) is 2.61. The zero-order chi connectivity index (χ0) is 14.4. The summed E-state index contributed by atoms with van der Waals surface area (Å²) < 4.78 is 5.65. The van der Waals surface area contributed by atoms with Gasteiger partial charge in [0.15, 0.2) is 5.96 Å². The van der Waals surface area contributed by atoms with Crippen molar-refractivity contribution in [2.24, 2.45) is 16.3 Å². The minimum absolute atomic E-state index is 0. The number of guanidine groups is 1. The Kier molecular flexibility index (Phi) is 8.31. The van der Waals surface area contributed by atoms with Crippen molar-refractivity contribution in [2.75, 3.05) is 39.4 Å². The molecular weight excluding hydrogens is 377 g/mol. The highest BCUT2D eigenvalue weighted by Gasteiger charge is 2.30. The van der Waals surface area contributed by atoms with E-state index >= 15 is 0 Å². The van der Waals surface area contributed by atoms with Gasteiger partial charge in [-0.1, -0.05) is 13.8 Å². The number of hydrogen-bond donors (Lipinski definition) is 1. The molecule has 0 unspecified atom stereocenters. The fourth-order valence-corrected chi connectivity index (χ4v) is 2.61.